The Labute approximate surface area is 159 Å². The zero-order valence-electron chi connectivity index (χ0n) is 15.4. The van der Waals surface area contributed by atoms with Crippen molar-refractivity contribution in [3.63, 3.8) is 0 Å². The fourth-order valence-electron chi connectivity index (χ4n) is 4.39. The van der Waals surface area contributed by atoms with Gasteiger partial charge in [0.1, 0.15) is 0 Å². The Balaban J connectivity index is 1.36. The summed E-state index contributed by atoms with van der Waals surface area (Å²) >= 11 is 0. The number of nitro groups is 1. The zero-order chi connectivity index (χ0) is 19.0. The molecule has 1 N–H and O–H groups in total. The molecule has 1 aromatic rings. The van der Waals surface area contributed by atoms with E-state index in [2.05, 4.69) is 10.4 Å². The molecule has 0 radical (unpaired) electrons. The third-order valence-electron chi connectivity index (χ3n) is 6.06. The molecule has 2 aliphatic carbocycles. The van der Waals surface area contributed by atoms with E-state index in [0.717, 1.165) is 51.4 Å². The maximum Gasteiger partial charge on any atom is 0.389 e. The van der Waals surface area contributed by atoms with Gasteiger partial charge in [-0.2, -0.15) is 4.68 Å². The lowest BCUT2D eigenvalue weighted by Gasteiger charge is -2.37. The Morgan fingerprint density at radius 3 is 2.44 bits per heavy atom. The van der Waals surface area contributed by atoms with Gasteiger partial charge in [-0.15, -0.1) is 0 Å². The second kappa shape index (κ2) is 7.48. The first-order valence-electron chi connectivity index (χ1n) is 9.90. The van der Waals surface area contributed by atoms with Crippen LogP contribution in [0, 0.1) is 10.1 Å². The molecule has 0 aromatic carbocycles. The van der Waals surface area contributed by atoms with E-state index in [1.165, 1.54) is 6.07 Å². The molecule has 2 saturated carbocycles. The molecule has 4 rings (SSSR count). The molecule has 150 valence electrons. The van der Waals surface area contributed by atoms with Crippen LogP contribution in [0.3, 0.4) is 0 Å². The van der Waals surface area contributed by atoms with Crippen molar-refractivity contribution >= 4 is 15.8 Å². The summed E-state index contributed by atoms with van der Waals surface area (Å²) in [6.07, 6.45) is 9.13. The fraction of sp³-hybridized carbons (Fsp3) is 0.824. The van der Waals surface area contributed by atoms with Crippen molar-refractivity contribution in [2.24, 2.45) is 0 Å². The molecule has 9 nitrogen and oxygen atoms in total. The number of hydrogen-bond donors (Lipinski definition) is 1. The summed E-state index contributed by atoms with van der Waals surface area (Å²) in [5, 5.41) is 18.6. The van der Waals surface area contributed by atoms with Crippen molar-refractivity contribution in [1.29, 1.82) is 0 Å². The molecular formula is C17H27N5O4S. The van der Waals surface area contributed by atoms with Crippen LogP contribution in [0.25, 0.3) is 0 Å². The average Bonchev–Trinajstić information content (AvgIpc) is 3.41. The van der Waals surface area contributed by atoms with Gasteiger partial charge in [0.15, 0.2) is 0 Å². The molecular weight excluding hydrogens is 370 g/mol. The SMILES string of the molecule is O=[N+]([O-])c1ccn(C2CCCCC2NC2CCN(S(=O)(=O)C3CC3)CC2)n1. The van der Waals surface area contributed by atoms with E-state index in [-0.39, 0.29) is 29.2 Å². The first kappa shape index (κ1) is 18.8. The summed E-state index contributed by atoms with van der Waals surface area (Å²) < 4.78 is 28.2. The molecule has 0 bridgehead atoms. The highest BCUT2D eigenvalue weighted by Gasteiger charge is 2.41. The summed E-state index contributed by atoms with van der Waals surface area (Å²) in [7, 11) is -3.08. The standard InChI is InChI=1S/C17H27N5O4S/c23-22(24)17-9-12-21(19-17)16-4-2-1-3-15(16)18-13-7-10-20(11-8-13)27(25,26)14-5-6-14/h9,12-16,18H,1-8,10-11H2. The Kier molecular flexibility index (Phi) is 5.21. The molecule has 1 saturated heterocycles. The smallest absolute Gasteiger partial charge is 0.358 e. The van der Waals surface area contributed by atoms with Crippen LogP contribution in [0.15, 0.2) is 12.3 Å². The van der Waals surface area contributed by atoms with Crippen LogP contribution >= 0.6 is 0 Å². The van der Waals surface area contributed by atoms with Crippen LogP contribution in [0.5, 0.6) is 0 Å². The molecule has 0 amide bonds. The minimum Gasteiger partial charge on any atom is -0.358 e. The normalized spacial score (nSPS) is 28.3. The summed E-state index contributed by atoms with van der Waals surface area (Å²) in [4.78, 5) is 10.5. The number of nitrogens with zero attached hydrogens (tertiary/aromatic N) is 4. The highest BCUT2D eigenvalue weighted by atomic mass is 32.2. The van der Waals surface area contributed by atoms with Crippen LogP contribution in [-0.2, 0) is 10.0 Å². The quantitative estimate of drug-likeness (QED) is 0.579. The van der Waals surface area contributed by atoms with E-state index in [1.807, 2.05) is 0 Å². The molecule has 2 heterocycles. The van der Waals surface area contributed by atoms with Gasteiger partial charge in [-0.25, -0.2) is 12.7 Å². The van der Waals surface area contributed by atoms with Crippen LogP contribution in [0.4, 0.5) is 5.82 Å². The summed E-state index contributed by atoms with van der Waals surface area (Å²) in [6.45, 7) is 1.17. The molecule has 0 spiro atoms. The molecule has 10 heteroatoms. The van der Waals surface area contributed by atoms with E-state index < -0.39 is 14.9 Å². The van der Waals surface area contributed by atoms with Gasteiger partial charge in [0.2, 0.25) is 10.0 Å². The van der Waals surface area contributed by atoms with Gasteiger partial charge in [-0.05, 0) is 43.4 Å². The Morgan fingerprint density at radius 1 is 1.11 bits per heavy atom. The second-order valence-electron chi connectivity index (χ2n) is 7.95. The summed E-state index contributed by atoms with van der Waals surface area (Å²) in [5.74, 6) is -0.113. The Morgan fingerprint density at radius 2 is 1.81 bits per heavy atom. The zero-order valence-corrected chi connectivity index (χ0v) is 16.2. The second-order valence-corrected chi connectivity index (χ2v) is 10.2. The van der Waals surface area contributed by atoms with Crippen molar-refractivity contribution < 1.29 is 13.3 Å². The van der Waals surface area contributed by atoms with E-state index in [9.17, 15) is 18.5 Å². The highest BCUT2D eigenvalue weighted by Crippen LogP contribution is 2.33. The molecule has 3 aliphatic rings. The summed E-state index contributed by atoms with van der Waals surface area (Å²) in [6, 6.07) is 2.06. The molecule has 1 aliphatic heterocycles. The molecule has 2 atom stereocenters. The van der Waals surface area contributed by atoms with Gasteiger partial charge in [0, 0.05) is 25.2 Å². The number of piperidine rings is 1. The minimum atomic E-state index is -3.08. The first-order valence-corrected chi connectivity index (χ1v) is 11.4. The molecule has 27 heavy (non-hydrogen) atoms. The van der Waals surface area contributed by atoms with Gasteiger partial charge in [-0.3, -0.25) is 0 Å². The van der Waals surface area contributed by atoms with E-state index >= 15 is 0 Å². The minimum absolute atomic E-state index is 0.112. The van der Waals surface area contributed by atoms with Gasteiger partial charge >= 0.3 is 5.82 Å². The van der Waals surface area contributed by atoms with Gasteiger partial charge in [0.05, 0.1) is 28.7 Å². The lowest BCUT2D eigenvalue weighted by molar-refractivity contribution is -0.389. The predicted molar refractivity (Wildman–Crippen MR) is 99.8 cm³/mol. The summed E-state index contributed by atoms with van der Waals surface area (Å²) in [5.41, 5.74) is 0. The Bertz CT molecular complexity index is 783. The topological polar surface area (TPSA) is 110 Å². The van der Waals surface area contributed by atoms with Crippen molar-refractivity contribution in [2.75, 3.05) is 13.1 Å². The maximum atomic E-state index is 12.4. The third-order valence-corrected chi connectivity index (χ3v) is 8.46. The largest absolute Gasteiger partial charge is 0.389 e. The van der Waals surface area contributed by atoms with Crippen LogP contribution < -0.4 is 5.32 Å². The average molecular weight is 398 g/mol. The lowest BCUT2D eigenvalue weighted by Crippen LogP contribution is -2.51. The van der Waals surface area contributed by atoms with Crippen LogP contribution in [0.1, 0.15) is 57.4 Å². The number of aromatic nitrogens is 2. The van der Waals surface area contributed by atoms with Gasteiger partial charge < -0.3 is 15.4 Å². The third kappa shape index (κ3) is 4.02. The molecule has 2 unspecified atom stereocenters. The van der Waals surface area contributed by atoms with Crippen LogP contribution in [0.2, 0.25) is 0 Å². The van der Waals surface area contributed by atoms with Crippen molar-refractivity contribution in [1.82, 2.24) is 19.4 Å². The molecule has 3 fully saturated rings. The van der Waals surface area contributed by atoms with E-state index in [1.54, 1.807) is 15.2 Å². The molecule has 1 aromatic heterocycles. The highest BCUT2D eigenvalue weighted by molar-refractivity contribution is 7.90. The number of nitrogens with one attached hydrogen (secondary N) is 1. The van der Waals surface area contributed by atoms with E-state index in [0.29, 0.717) is 13.1 Å². The van der Waals surface area contributed by atoms with E-state index in [4.69, 9.17) is 0 Å². The van der Waals surface area contributed by atoms with Crippen molar-refractivity contribution in [3.8, 4) is 0 Å². The maximum absolute atomic E-state index is 12.4. The van der Waals surface area contributed by atoms with Crippen molar-refractivity contribution in [3.05, 3.63) is 22.4 Å². The van der Waals surface area contributed by atoms with Crippen molar-refractivity contribution in [2.45, 2.75) is 74.7 Å². The Hall–Kier alpha value is -1.52. The number of rotatable bonds is 6. The lowest BCUT2D eigenvalue weighted by atomic mass is 9.89. The van der Waals surface area contributed by atoms with Gasteiger partial charge in [0.25, 0.3) is 0 Å². The van der Waals surface area contributed by atoms with Crippen LogP contribution in [-0.4, -0.2) is 57.8 Å². The first-order chi connectivity index (χ1) is 12.9. The number of hydrogen-bond acceptors (Lipinski definition) is 6. The fourth-order valence-corrected chi connectivity index (χ4v) is 6.26. The van der Waals surface area contributed by atoms with Gasteiger partial charge in [-0.1, -0.05) is 12.8 Å². The predicted octanol–water partition coefficient (Wildman–Crippen LogP) is 1.82. The monoisotopic (exact) mass is 397 g/mol. The number of sulfonamides is 1.